The van der Waals surface area contributed by atoms with Crippen LogP contribution in [0.2, 0.25) is 0 Å². The molecule has 0 N–H and O–H groups in total. The molecule has 0 aliphatic carbocycles. The van der Waals surface area contributed by atoms with Crippen molar-refractivity contribution in [2.75, 3.05) is 13.1 Å². The first-order chi connectivity index (χ1) is 8.51. The van der Waals surface area contributed by atoms with Crippen molar-refractivity contribution in [3.63, 3.8) is 0 Å². The van der Waals surface area contributed by atoms with Gasteiger partial charge in [-0.25, -0.2) is 0 Å². The van der Waals surface area contributed by atoms with Crippen LogP contribution in [-0.2, 0) is 0 Å². The van der Waals surface area contributed by atoms with Crippen LogP contribution in [0.1, 0.15) is 17.3 Å². The normalized spacial score (nSPS) is 9.89. The average Bonchev–Trinajstić information content (AvgIpc) is 2.34. The molecule has 0 saturated heterocycles. The summed E-state index contributed by atoms with van der Waals surface area (Å²) in [6.07, 6.45) is 1.56. The number of likely N-dealkylation sites (N-methyl/N-ethyl adjacent to an activating group) is 1. The number of carbonyl (C=O) groups is 1. The minimum atomic E-state index is -1.01. The monoisotopic (exact) mass is 252 g/mol. The van der Waals surface area contributed by atoms with E-state index in [-0.39, 0.29) is 11.5 Å². The summed E-state index contributed by atoms with van der Waals surface area (Å²) in [4.78, 5) is 23.0. The molecule has 0 aromatic heterocycles. The highest BCUT2D eigenvalue weighted by molar-refractivity contribution is 5.94. The van der Waals surface area contributed by atoms with Crippen LogP contribution in [0.15, 0.2) is 30.9 Å². The molecule has 0 atom stereocenters. The van der Waals surface area contributed by atoms with Gasteiger partial charge in [-0.3, -0.25) is 14.9 Å². The number of halogens is 1. The lowest BCUT2D eigenvalue weighted by molar-refractivity contribution is -0.387. The molecule has 1 amide bonds. The summed E-state index contributed by atoms with van der Waals surface area (Å²) < 4.78 is 13.4. The molecule has 6 heteroatoms. The summed E-state index contributed by atoms with van der Waals surface area (Å²) in [5, 5.41) is 10.5. The van der Waals surface area contributed by atoms with E-state index in [0.717, 1.165) is 12.1 Å². The van der Waals surface area contributed by atoms with E-state index in [9.17, 15) is 19.3 Å². The number of benzene rings is 1. The van der Waals surface area contributed by atoms with Gasteiger partial charge in [0.2, 0.25) is 5.82 Å². The number of carbonyl (C=O) groups excluding carboxylic acids is 1. The van der Waals surface area contributed by atoms with Crippen molar-refractivity contribution in [1.82, 2.24) is 4.90 Å². The van der Waals surface area contributed by atoms with Gasteiger partial charge in [0.15, 0.2) is 0 Å². The van der Waals surface area contributed by atoms with E-state index >= 15 is 0 Å². The van der Waals surface area contributed by atoms with Crippen LogP contribution in [0.25, 0.3) is 0 Å². The minimum absolute atomic E-state index is 0.0850. The highest BCUT2D eigenvalue weighted by Crippen LogP contribution is 2.18. The number of rotatable bonds is 5. The molecule has 1 aromatic rings. The maximum Gasteiger partial charge on any atom is 0.304 e. The van der Waals surface area contributed by atoms with E-state index in [1.54, 1.807) is 13.0 Å². The zero-order valence-corrected chi connectivity index (χ0v) is 9.93. The van der Waals surface area contributed by atoms with Crippen LogP contribution >= 0.6 is 0 Å². The largest absolute Gasteiger partial charge is 0.335 e. The first kappa shape index (κ1) is 13.8. The number of hydrogen-bond donors (Lipinski definition) is 0. The van der Waals surface area contributed by atoms with Crippen LogP contribution in [0.3, 0.4) is 0 Å². The smallest absolute Gasteiger partial charge is 0.304 e. The van der Waals surface area contributed by atoms with Gasteiger partial charge in [0, 0.05) is 24.7 Å². The summed E-state index contributed by atoms with van der Waals surface area (Å²) in [5.41, 5.74) is -0.555. The predicted octanol–water partition coefficient (Wildman–Crippen LogP) is 2.38. The second-order valence-corrected chi connectivity index (χ2v) is 3.56. The molecule has 96 valence electrons. The fourth-order valence-electron chi connectivity index (χ4n) is 1.48. The topological polar surface area (TPSA) is 63.5 Å². The van der Waals surface area contributed by atoms with Gasteiger partial charge < -0.3 is 4.90 Å². The van der Waals surface area contributed by atoms with E-state index < -0.39 is 16.4 Å². The van der Waals surface area contributed by atoms with E-state index in [2.05, 4.69) is 6.58 Å². The van der Waals surface area contributed by atoms with Crippen LogP contribution in [0.5, 0.6) is 0 Å². The lowest BCUT2D eigenvalue weighted by Crippen LogP contribution is -2.30. The van der Waals surface area contributed by atoms with Gasteiger partial charge in [-0.2, -0.15) is 4.39 Å². The zero-order chi connectivity index (χ0) is 13.7. The van der Waals surface area contributed by atoms with E-state index in [4.69, 9.17) is 0 Å². The minimum Gasteiger partial charge on any atom is -0.335 e. The molecule has 0 heterocycles. The Morgan fingerprint density at radius 1 is 1.61 bits per heavy atom. The molecule has 0 unspecified atom stereocenters. The Balaban J connectivity index is 3.03. The quantitative estimate of drug-likeness (QED) is 0.459. The molecule has 0 bridgehead atoms. The Labute approximate surface area is 104 Å². The Morgan fingerprint density at radius 3 is 2.72 bits per heavy atom. The summed E-state index contributed by atoms with van der Waals surface area (Å²) in [5.74, 6) is -1.40. The highest BCUT2D eigenvalue weighted by atomic mass is 19.1. The number of hydrogen-bond acceptors (Lipinski definition) is 3. The second-order valence-electron chi connectivity index (χ2n) is 3.56. The van der Waals surface area contributed by atoms with Gasteiger partial charge in [0.25, 0.3) is 5.91 Å². The Hall–Kier alpha value is -2.24. The Morgan fingerprint density at radius 2 is 2.28 bits per heavy atom. The molecule has 0 saturated carbocycles. The second kappa shape index (κ2) is 5.90. The van der Waals surface area contributed by atoms with Crippen LogP contribution in [-0.4, -0.2) is 28.8 Å². The first-order valence-electron chi connectivity index (χ1n) is 5.35. The third-order valence-electron chi connectivity index (χ3n) is 2.41. The number of amides is 1. The van der Waals surface area contributed by atoms with Crippen molar-refractivity contribution in [3.8, 4) is 0 Å². The summed E-state index contributed by atoms with van der Waals surface area (Å²) in [6, 6.07) is 3.12. The van der Waals surface area contributed by atoms with Gasteiger partial charge in [0.1, 0.15) is 0 Å². The van der Waals surface area contributed by atoms with Crippen molar-refractivity contribution in [2.24, 2.45) is 0 Å². The van der Waals surface area contributed by atoms with Gasteiger partial charge in [-0.15, -0.1) is 6.58 Å². The number of nitro groups is 1. The molecule has 0 aliphatic rings. The molecular formula is C12H13FN2O3. The van der Waals surface area contributed by atoms with Crippen molar-refractivity contribution >= 4 is 11.6 Å². The van der Waals surface area contributed by atoms with Crippen molar-refractivity contribution in [1.29, 1.82) is 0 Å². The molecular weight excluding hydrogens is 239 g/mol. The van der Waals surface area contributed by atoms with E-state index in [0.29, 0.717) is 13.1 Å². The van der Waals surface area contributed by atoms with Crippen LogP contribution in [0, 0.1) is 15.9 Å². The third-order valence-corrected chi connectivity index (χ3v) is 2.41. The highest BCUT2D eigenvalue weighted by Gasteiger charge is 2.19. The van der Waals surface area contributed by atoms with Gasteiger partial charge in [-0.1, -0.05) is 6.08 Å². The van der Waals surface area contributed by atoms with Crippen LogP contribution < -0.4 is 0 Å². The Bertz CT molecular complexity index is 488. The van der Waals surface area contributed by atoms with Gasteiger partial charge >= 0.3 is 5.69 Å². The SMILES string of the molecule is C=CCN(CC)C(=O)c1ccc([N+](=O)[O-])c(F)c1. The van der Waals surface area contributed by atoms with Crippen molar-refractivity contribution < 1.29 is 14.1 Å². The summed E-state index contributed by atoms with van der Waals surface area (Å²) in [7, 11) is 0. The molecule has 0 radical (unpaired) electrons. The number of nitrogens with zero attached hydrogens (tertiary/aromatic N) is 2. The van der Waals surface area contributed by atoms with Crippen LogP contribution in [0.4, 0.5) is 10.1 Å². The standard InChI is InChI=1S/C12H13FN2O3/c1-3-7-14(4-2)12(16)9-5-6-11(15(17)18)10(13)8-9/h3,5-6,8H,1,4,7H2,2H3. The third kappa shape index (κ3) is 2.91. The Kier molecular flexibility index (Phi) is 4.53. The average molecular weight is 252 g/mol. The lowest BCUT2D eigenvalue weighted by atomic mass is 10.1. The molecule has 0 fully saturated rings. The fraction of sp³-hybridized carbons (Fsp3) is 0.250. The summed E-state index contributed by atoms with van der Waals surface area (Å²) >= 11 is 0. The molecule has 0 spiro atoms. The summed E-state index contributed by atoms with van der Waals surface area (Å²) in [6.45, 7) is 6.09. The van der Waals surface area contributed by atoms with Gasteiger partial charge in [0.05, 0.1) is 4.92 Å². The van der Waals surface area contributed by atoms with Crippen molar-refractivity contribution in [2.45, 2.75) is 6.92 Å². The molecule has 1 aromatic carbocycles. The molecule has 1 rings (SSSR count). The first-order valence-corrected chi connectivity index (χ1v) is 5.35. The number of nitro benzene ring substituents is 1. The van der Waals surface area contributed by atoms with E-state index in [1.807, 2.05) is 0 Å². The molecule has 18 heavy (non-hydrogen) atoms. The lowest BCUT2D eigenvalue weighted by Gasteiger charge is -2.18. The zero-order valence-electron chi connectivity index (χ0n) is 9.93. The molecule has 0 aliphatic heterocycles. The molecule has 5 nitrogen and oxygen atoms in total. The maximum atomic E-state index is 13.4. The van der Waals surface area contributed by atoms with E-state index in [1.165, 1.54) is 11.0 Å². The fourth-order valence-corrected chi connectivity index (χ4v) is 1.48. The van der Waals surface area contributed by atoms with Crippen molar-refractivity contribution in [3.05, 3.63) is 52.3 Å². The maximum absolute atomic E-state index is 13.4. The van der Waals surface area contributed by atoms with Gasteiger partial charge in [-0.05, 0) is 19.1 Å². The predicted molar refractivity (Wildman–Crippen MR) is 64.8 cm³/mol.